The van der Waals surface area contributed by atoms with Crippen molar-refractivity contribution in [2.45, 2.75) is 71.8 Å². The number of ketones is 1. The highest BCUT2D eigenvalue weighted by molar-refractivity contribution is 5.87. The predicted molar refractivity (Wildman–Crippen MR) is 143 cm³/mol. The molecule has 2 unspecified atom stereocenters. The van der Waals surface area contributed by atoms with Crippen molar-refractivity contribution in [1.82, 2.24) is 10.6 Å². The molecule has 38 heavy (non-hydrogen) atoms. The van der Waals surface area contributed by atoms with E-state index >= 15 is 0 Å². The molecular formula is C28H50N2O8. The van der Waals surface area contributed by atoms with Gasteiger partial charge in [-0.15, -0.1) is 0 Å². The number of alkyl carbamates (subject to hydrolysis) is 1. The molecule has 220 valence electrons. The average molecular weight is 543 g/mol. The zero-order valence-corrected chi connectivity index (χ0v) is 23.7. The molecule has 2 aliphatic rings. The second-order valence-electron chi connectivity index (χ2n) is 10.6. The fraction of sp³-hybridized carbons (Fsp3) is 0.893. The molecular weight excluding hydrogens is 492 g/mol. The first kappa shape index (κ1) is 32.5. The molecule has 0 heterocycles. The minimum atomic E-state index is -0.452. The van der Waals surface area contributed by atoms with Gasteiger partial charge in [0.1, 0.15) is 0 Å². The van der Waals surface area contributed by atoms with Gasteiger partial charge >= 0.3 is 6.09 Å². The summed E-state index contributed by atoms with van der Waals surface area (Å²) in [6.45, 7) is 9.49. The Balaban J connectivity index is 1.29. The van der Waals surface area contributed by atoms with Crippen LogP contribution in [-0.4, -0.2) is 89.8 Å². The Morgan fingerprint density at radius 2 is 1.29 bits per heavy atom. The van der Waals surface area contributed by atoms with E-state index in [-0.39, 0.29) is 36.7 Å². The Labute approximate surface area is 228 Å². The number of Topliss-reactive ketones (excluding diaryl/α,β-unsaturated/α-hetero) is 1. The van der Waals surface area contributed by atoms with Crippen LogP contribution in [0.5, 0.6) is 0 Å². The summed E-state index contributed by atoms with van der Waals surface area (Å²) in [5, 5.41) is 5.48. The van der Waals surface area contributed by atoms with Crippen molar-refractivity contribution < 1.29 is 38.1 Å². The summed E-state index contributed by atoms with van der Waals surface area (Å²) >= 11 is 0. The SMILES string of the molecule is CC(=O)[C@@H](NC(=O)CCOCCOCCOCCOCCNC(=O)OCC1C2CCCCCCC21)C(C)C. The van der Waals surface area contributed by atoms with E-state index in [1.165, 1.54) is 45.4 Å². The van der Waals surface area contributed by atoms with Crippen LogP contribution in [0.1, 0.15) is 65.7 Å². The highest BCUT2D eigenvalue weighted by atomic mass is 16.6. The van der Waals surface area contributed by atoms with E-state index in [4.69, 9.17) is 23.7 Å². The Morgan fingerprint density at radius 3 is 1.82 bits per heavy atom. The Kier molecular flexibility index (Phi) is 16.5. The lowest BCUT2D eigenvalue weighted by atomic mass is 10.0. The van der Waals surface area contributed by atoms with Gasteiger partial charge in [0, 0.05) is 13.0 Å². The van der Waals surface area contributed by atoms with Gasteiger partial charge in [-0.2, -0.15) is 0 Å². The smallest absolute Gasteiger partial charge is 0.407 e. The normalized spacial score (nSPS) is 21.6. The van der Waals surface area contributed by atoms with E-state index in [1.54, 1.807) is 0 Å². The van der Waals surface area contributed by atoms with E-state index in [0.717, 1.165) is 11.8 Å². The molecule has 0 aromatic heterocycles. The summed E-state index contributed by atoms with van der Waals surface area (Å²) in [7, 11) is 0. The van der Waals surface area contributed by atoms with Crippen LogP contribution in [0.4, 0.5) is 4.79 Å². The maximum atomic E-state index is 11.9. The number of carbonyl (C=O) groups excluding carboxylic acids is 3. The minimum Gasteiger partial charge on any atom is -0.449 e. The van der Waals surface area contributed by atoms with E-state index < -0.39 is 6.04 Å². The van der Waals surface area contributed by atoms with Crippen LogP contribution >= 0.6 is 0 Å². The highest BCUT2D eigenvalue weighted by Crippen LogP contribution is 2.53. The van der Waals surface area contributed by atoms with Crippen LogP contribution in [0.2, 0.25) is 0 Å². The molecule has 0 aromatic rings. The first-order valence-corrected chi connectivity index (χ1v) is 14.4. The van der Waals surface area contributed by atoms with Gasteiger partial charge < -0.3 is 34.3 Å². The average Bonchev–Trinajstić information content (AvgIpc) is 3.51. The van der Waals surface area contributed by atoms with Crippen molar-refractivity contribution in [2.24, 2.45) is 23.7 Å². The third kappa shape index (κ3) is 13.9. The number of fused-ring (bicyclic) bond motifs is 1. The van der Waals surface area contributed by atoms with Crippen LogP contribution in [0.3, 0.4) is 0 Å². The lowest BCUT2D eigenvalue weighted by molar-refractivity contribution is -0.128. The molecule has 2 N–H and O–H groups in total. The molecule has 2 amide bonds. The van der Waals surface area contributed by atoms with Gasteiger partial charge in [0.05, 0.1) is 65.5 Å². The number of nitrogens with one attached hydrogen (secondary N) is 2. The highest BCUT2D eigenvalue weighted by Gasteiger charge is 2.49. The third-order valence-electron chi connectivity index (χ3n) is 7.27. The number of hydrogen-bond acceptors (Lipinski definition) is 8. The lowest BCUT2D eigenvalue weighted by Crippen LogP contribution is -2.43. The summed E-state index contributed by atoms with van der Waals surface area (Å²) < 4.78 is 27.1. The van der Waals surface area contributed by atoms with Crippen LogP contribution < -0.4 is 10.6 Å². The van der Waals surface area contributed by atoms with Gasteiger partial charge in [0.25, 0.3) is 0 Å². The maximum absolute atomic E-state index is 11.9. The monoisotopic (exact) mass is 542 g/mol. The van der Waals surface area contributed by atoms with Gasteiger partial charge in [0.2, 0.25) is 5.91 Å². The molecule has 0 saturated heterocycles. The van der Waals surface area contributed by atoms with Crippen molar-refractivity contribution in [3.05, 3.63) is 0 Å². The number of rotatable bonds is 20. The van der Waals surface area contributed by atoms with Crippen molar-refractivity contribution in [3.8, 4) is 0 Å². The standard InChI is InChI=1S/C28H50N2O8/c1-21(2)27(22(3)31)30-26(32)10-12-34-14-16-36-18-19-37-17-15-35-13-11-29-28(33)38-20-25-23-8-6-4-5-7-9-24(23)25/h21,23-25,27H,4-20H2,1-3H3,(H,29,33)(H,30,32)/t23?,24?,25?,27-/m0/s1. The van der Waals surface area contributed by atoms with Crippen molar-refractivity contribution in [3.63, 3.8) is 0 Å². The van der Waals surface area contributed by atoms with Crippen molar-refractivity contribution >= 4 is 17.8 Å². The summed E-state index contributed by atoms with van der Waals surface area (Å²) in [5.74, 6) is 1.93. The van der Waals surface area contributed by atoms with Crippen LogP contribution in [0, 0.1) is 23.7 Å². The van der Waals surface area contributed by atoms with Crippen LogP contribution in [-0.2, 0) is 33.3 Å². The summed E-state index contributed by atoms with van der Waals surface area (Å²) in [6, 6.07) is -0.452. The van der Waals surface area contributed by atoms with E-state index in [9.17, 15) is 14.4 Å². The number of hydrogen-bond donors (Lipinski definition) is 2. The van der Waals surface area contributed by atoms with Crippen molar-refractivity contribution in [1.29, 1.82) is 0 Å². The van der Waals surface area contributed by atoms with Gasteiger partial charge in [-0.1, -0.05) is 39.5 Å². The van der Waals surface area contributed by atoms with Gasteiger partial charge in [0.15, 0.2) is 5.78 Å². The zero-order valence-electron chi connectivity index (χ0n) is 23.7. The maximum Gasteiger partial charge on any atom is 0.407 e. The number of carbonyl (C=O) groups is 3. The quantitative estimate of drug-likeness (QED) is 0.225. The Morgan fingerprint density at radius 1 is 0.763 bits per heavy atom. The largest absolute Gasteiger partial charge is 0.449 e. The van der Waals surface area contributed by atoms with Crippen LogP contribution in [0.15, 0.2) is 0 Å². The van der Waals surface area contributed by atoms with E-state index in [2.05, 4.69) is 10.6 Å². The van der Waals surface area contributed by atoms with Gasteiger partial charge in [-0.05, 0) is 43.4 Å². The first-order chi connectivity index (χ1) is 18.4. The Bertz CT molecular complexity index is 676. The minimum absolute atomic E-state index is 0.0447. The topological polar surface area (TPSA) is 121 Å². The van der Waals surface area contributed by atoms with Crippen LogP contribution in [0.25, 0.3) is 0 Å². The molecule has 0 aromatic carbocycles. The lowest BCUT2D eigenvalue weighted by Gasteiger charge is -2.19. The zero-order chi connectivity index (χ0) is 27.6. The predicted octanol–water partition coefficient (Wildman–Crippen LogP) is 3.12. The molecule has 2 saturated carbocycles. The molecule has 0 aliphatic heterocycles. The molecule has 10 heteroatoms. The third-order valence-corrected chi connectivity index (χ3v) is 7.27. The van der Waals surface area contributed by atoms with Gasteiger partial charge in [-0.3, -0.25) is 9.59 Å². The molecule has 2 fully saturated rings. The summed E-state index contributed by atoms with van der Waals surface area (Å²) in [4.78, 5) is 35.3. The molecule has 0 bridgehead atoms. The summed E-state index contributed by atoms with van der Waals surface area (Å²) in [5.41, 5.74) is 0. The second kappa shape index (κ2) is 19.3. The first-order valence-electron chi connectivity index (χ1n) is 14.4. The van der Waals surface area contributed by atoms with Crippen molar-refractivity contribution in [2.75, 3.05) is 66.0 Å². The van der Waals surface area contributed by atoms with Gasteiger partial charge in [-0.25, -0.2) is 4.79 Å². The molecule has 2 aliphatic carbocycles. The summed E-state index contributed by atoms with van der Waals surface area (Å²) in [6.07, 6.45) is 7.77. The number of amides is 2. The fourth-order valence-electron chi connectivity index (χ4n) is 5.10. The molecule has 2 rings (SSSR count). The molecule has 10 nitrogen and oxygen atoms in total. The molecule has 0 spiro atoms. The second-order valence-corrected chi connectivity index (χ2v) is 10.6. The molecule has 3 atom stereocenters. The Hall–Kier alpha value is -1.75. The van der Waals surface area contributed by atoms with E-state index in [0.29, 0.717) is 65.3 Å². The number of ether oxygens (including phenoxy) is 5. The molecule has 0 radical (unpaired) electrons. The fourth-order valence-corrected chi connectivity index (χ4v) is 5.10. The van der Waals surface area contributed by atoms with E-state index in [1.807, 2.05) is 13.8 Å².